The molecule has 0 fully saturated rings. The lowest BCUT2D eigenvalue weighted by Gasteiger charge is -2.09. The molecule has 0 saturated carbocycles. The molecular formula is C10H11IN4O. The number of likely N-dealkylation sites (N-methyl/N-ethyl adjacent to an activating group) is 1. The topological polar surface area (TPSA) is 77.9 Å². The molecule has 1 unspecified atom stereocenters. The Morgan fingerprint density at radius 3 is 3.00 bits per heavy atom. The summed E-state index contributed by atoms with van der Waals surface area (Å²) in [6.07, 6.45) is 0.417. The van der Waals surface area contributed by atoms with E-state index in [1.54, 1.807) is 0 Å². The van der Waals surface area contributed by atoms with Gasteiger partial charge in [-0.1, -0.05) is 17.2 Å². The largest absolute Gasteiger partial charge is 0.359 e. The van der Waals surface area contributed by atoms with E-state index in [1.807, 2.05) is 24.3 Å². The highest BCUT2D eigenvalue weighted by atomic mass is 127. The predicted molar refractivity (Wildman–Crippen MR) is 69.9 cm³/mol. The number of rotatable bonds is 4. The number of carbonyl (C=O) groups is 1. The van der Waals surface area contributed by atoms with Crippen molar-refractivity contribution in [1.29, 1.82) is 0 Å². The van der Waals surface area contributed by atoms with Crippen molar-refractivity contribution in [3.63, 3.8) is 0 Å². The summed E-state index contributed by atoms with van der Waals surface area (Å²) in [4.78, 5) is 14.1. The summed E-state index contributed by atoms with van der Waals surface area (Å²) in [5.74, 6) is -0.267. The lowest BCUT2D eigenvalue weighted by atomic mass is 10.1. The molecule has 1 N–H and O–H groups in total. The Bertz CT molecular complexity index is 429. The highest BCUT2D eigenvalue weighted by Gasteiger charge is 2.15. The van der Waals surface area contributed by atoms with Crippen molar-refractivity contribution >= 4 is 28.5 Å². The normalized spacial score (nSPS) is 11.4. The molecule has 84 valence electrons. The average molecular weight is 330 g/mol. The molecule has 1 aromatic carbocycles. The Labute approximate surface area is 107 Å². The molecule has 0 bridgehead atoms. The van der Waals surface area contributed by atoms with Crippen LogP contribution in [0.1, 0.15) is 5.56 Å². The number of nitrogens with zero attached hydrogens (tertiary/aromatic N) is 3. The molecule has 1 aromatic rings. The van der Waals surface area contributed by atoms with Crippen molar-refractivity contribution in [2.24, 2.45) is 5.11 Å². The summed E-state index contributed by atoms with van der Waals surface area (Å²) in [5.41, 5.74) is 9.37. The van der Waals surface area contributed by atoms with E-state index < -0.39 is 6.04 Å². The molecule has 0 aliphatic rings. The van der Waals surface area contributed by atoms with Gasteiger partial charge in [0.1, 0.15) is 6.04 Å². The second-order valence-electron chi connectivity index (χ2n) is 3.17. The lowest BCUT2D eigenvalue weighted by molar-refractivity contribution is -0.121. The van der Waals surface area contributed by atoms with Crippen molar-refractivity contribution in [3.8, 4) is 0 Å². The summed E-state index contributed by atoms with van der Waals surface area (Å²) >= 11 is 2.20. The molecule has 6 heteroatoms. The minimum atomic E-state index is -0.687. The maximum atomic E-state index is 11.4. The molecule has 5 nitrogen and oxygen atoms in total. The maximum absolute atomic E-state index is 11.4. The monoisotopic (exact) mass is 330 g/mol. The second kappa shape index (κ2) is 6.34. The number of azide groups is 1. The highest BCUT2D eigenvalue weighted by Crippen LogP contribution is 2.11. The molecule has 1 atom stereocenters. The van der Waals surface area contributed by atoms with Crippen molar-refractivity contribution < 1.29 is 4.79 Å². The van der Waals surface area contributed by atoms with E-state index in [9.17, 15) is 4.79 Å². The van der Waals surface area contributed by atoms with Gasteiger partial charge in [-0.25, -0.2) is 0 Å². The molecule has 0 radical (unpaired) electrons. The standard InChI is InChI=1S/C10H11IN4O/c1-13-10(16)9(14-15-12)6-7-3-2-4-8(11)5-7/h2-5,9H,6H2,1H3,(H,13,16). The zero-order valence-corrected chi connectivity index (χ0v) is 10.9. The van der Waals surface area contributed by atoms with Crippen LogP contribution in [0.5, 0.6) is 0 Å². The fourth-order valence-corrected chi connectivity index (χ4v) is 1.91. The van der Waals surface area contributed by atoms with E-state index in [4.69, 9.17) is 5.53 Å². The van der Waals surface area contributed by atoms with Crippen LogP contribution >= 0.6 is 22.6 Å². The van der Waals surface area contributed by atoms with Crippen LogP contribution in [0.25, 0.3) is 10.4 Å². The number of hydrogen-bond acceptors (Lipinski definition) is 2. The van der Waals surface area contributed by atoms with Crippen LogP contribution in [-0.4, -0.2) is 19.0 Å². The molecule has 0 aliphatic carbocycles. The fourth-order valence-electron chi connectivity index (χ4n) is 1.30. The SMILES string of the molecule is CNC(=O)C(Cc1cccc(I)c1)N=[N+]=[N-]. The van der Waals surface area contributed by atoms with Gasteiger partial charge in [0.25, 0.3) is 0 Å². The van der Waals surface area contributed by atoms with Gasteiger partial charge in [-0.2, -0.15) is 0 Å². The van der Waals surface area contributed by atoms with E-state index in [2.05, 4.69) is 37.9 Å². The van der Waals surface area contributed by atoms with Crippen LogP contribution in [0.3, 0.4) is 0 Å². The third-order valence-electron chi connectivity index (χ3n) is 2.06. The molecule has 0 spiro atoms. The van der Waals surface area contributed by atoms with E-state index in [1.165, 1.54) is 7.05 Å². The quantitative estimate of drug-likeness (QED) is 0.391. The first-order valence-corrected chi connectivity index (χ1v) is 5.75. The van der Waals surface area contributed by atoms with Gasteiger partial charge in [-0.15, -0.1) is 0 Å². The first-order chi connectivity index (χ1) is 7.67. The van der Waals surface area contributed by atoms with Gasteiger partial charge in [0.15, 0.2) is 0 Å². The summed E-state index contributed by atoms with van der Waals surface area (Å²) < 4.78 is 1.09. The Kier molecular flexibility index (Phi) is 5.07. The van der Waals surface area contributed by atoms with Gasteiger partial charge in [-0.05, 0) is 52.2 Å². The van der Waals surface area contributed by atoms with Gasteiger partial charge in [-0.3, -0.25) is 4.79 Å². The minimum absolute atomic E-state index is 0.267. The van der Waals surface area contributed by atoms with Gasteiger partial charge in [0.2, 0.25) is 5.91 Å². The van der Waals surface area contributed by atoms with Crippen LogP contribution in [-0.2, 0) is 11.2 Å². The molecule has 0 aromatic heterocycles. The molecule has 0 saturated heterocycles. The second-order valence-corrected chi connectivity index (χ2v) is 4.41. The number of benzene rings is 1. The van der Waals surface area contributed by atoms with Crippen LogP contribution in [0.2, 0.25) is 0 Å². The minimum Gasteiger partial charge on any atom is -0.359 e. The Morgan fingerprint density at radius 2 is 2.44 bits per heavy atom. The van der Waals surface area contributed by atoms with Gasteiger partial charge < -0.3 is 5.32 Å². The summed E-state index contributed by atoms with van der Waals surface area (Å²) in [5, 5.41) is 5.96. The number of carbonyl (C=O) groups excluding carboxylic acids is 1. The summed E-state index contributed by atoms with van der Waals surface area (Å²) in [6.45, 7) is 0. The van der Waals surface area contributed by atoms with E-state index >= 15 is 0 Å². The lowest BCUT2D eigenvalue weighted by Crippen LogP contribution is -2.31. The molecule has 1 rings (SSSR count). The molecule has 16 heavy (non-hydrogen) atoms. The Hall–Kier alpha value is -1.27. The zero-order chi connectivity index (χ0) is 12.0. The van der Waals surface area contributed by atoms with E-state index in [-0.39, 0.29) is 5.91 Å². The first-order valence-electron chi connectivity index (χ1n) is 4.67. The third kappa shape index (κ3) is 3.71. The average Bonchev–Trinajstić information content (AvgIpc) is 2.27. The van der Waals surface area contributed by atoms with Crippen molar-refractivity contribution in [3.05, 3.63) is 43.8 Å². The van der Waals surface area contributed by atoms with Crippen LogP contribution < -0.4 is 5.32 Å². The highest BCUT2D eigenvalue weighted by molar-refractivity contribution is 14.1. The number of halogens is 1. The molecule has 0 heterocycles. The third-order valence-corrected chi connectivity index (χ3v) is 2.73. The fraction of sp³-hybridized carbons (Fsp3) is 0.300. The Morgan fingerprint density at radius 1 is 1.69 bits per heavy atom. The van der Waals surface area contributed by atoms with E-state index in [0.29, 0.717) is 6.42 Å². The van der Waals surface area contributed by atoms with E-state index in [0.717, 1.165) is 9.13 Å². The smallest absolute Gasteiger partial charge is 0.229 e. The zero-order valence-electron chi connectivity index (χ0n) is 8.72. The predicted octanol–water partition coefficient (Wildman–Crippen LogP) is 2.26. The summed E-state index contributed by atoms with van der Waals surface area (Å²) in [6, 6.07) is 7.06. The number of nitrogens with one attached hydrogen (secondary N) is 1. The van der Waals surface area contributed by atoms with Gasteiger partial charge >= 0.3 is 0 Å². The maximum Gasteiger partial charge on any atom is 0.229 e. The van der Waals surface area contributed by atoms with Gasteiger partial charge in [0, 0.05) is 15.5 Å². The van der Waals surface area contributed by atoms with Crippen molar-refractivity contribution in [2.75, 3.05) is 7.05 Å². The van der Waals surface area contributed by atoms with Crippen molar-refractivity contribution in [2.45, 2.75) is 12.5 Å². The first kappa shape index (κ1) is 12.8. The number of amides is 1. The number of hydrogen-bond donors (Lipinski definition) is 1. The molecule has 1 amide bonds. The molecule has 0 aliphatic heterocycles. The van der Waals surface area contributed by atoms with Crippen LogP contribution in [0.4, 0.5) is 0 Å². The van der Waals surface area contributed by atoms with Crippen LogP contribution in [0, 0.1) is 3.57 Å². The Balaban J connectivity index is 2.83. The summed E-state index contributed by atoms with van der Waals surface area (Å²) in [7, 11) is 1.52. The van der Waals surface area contributed by atoms with Gasteiger partial charge in [0.05, 0.1) is 0 Å². The molecular weight excluding hydrogens is 319 g/mol. The van der Waals surface area contributed by atoms with Crippen LogP contribution in [0.15, 0.2) is 29.4 Å². The van der Waals surface area contributed by atoms with Crippen molar-refractivity contribution in [1.82, 2.24) is 5.32 Å².